The number of unbranched alkanes of at least 4 members (excludes halogenated alkanes) is 3. The molecule has 2 nitrogen and oxygen atoms in total. The molecule has 78 valence electrons. The van der Waals surface area contributed by atoms with Crippen LogP contribution < -0.4 is 0 Å². The minimum absolute atomic E-state index is 0.216. The van der Waals surface area contributed by atoms with Gasteiger partial charge in [0.25, 0.3) is 0 Å². The van der Waals surface area contributed by atoms with E-state index in [0.717, 1.165) is 18.8 Å². The molecule has 3 heteroatoms. The second-order valence-corrected chi connectivity index (χ2v) is 3.99. The summed E-state index contributed by atoms with van der Waals surface area (Å²) in [6, 6.07) is 0. The lowest BCUT2D eigenvalue weighted by atomic mass is 10.0. The summed E-state index contributed by atoms with van der Waals surface area (Å²) >= 11 is 3.44. The number of hydrogen-bond acceptors (Lipinski definition) is 3. The molecule has 0 saturated carbocycles. The molecule has 0 N–H and O–H groups in total. The van der Waals surface area contributed by atoms with Gasteiger partial charge in [-0.2, -0.15) is 0 Å². The molecule has 0 aromatic heterocycles. The van der Waals surface area contributed by atoms with E-state index in [1.165, 1.54) is 19.3 Å². The van der Waals surface area contributed by atoms with Crippen molar-refractivity contribution in [3.63, 3.8) is 0 Å². The molecule has 0 bridgehead atoms. The molecule has 0 amide bonds. The third-order valence-corrected chi connectivity index (χ3v) is 2.22. The van der Waals surface area contributed by atoms with Gasteiger partial charge >= 0.3 is 5.97 Å². The van der Waals surface area contributed by atoms with Crippen molar-refractivity contribution in [1.29, 1.82) is 0 Å². The molecule has 0 spiro atoms. The fourth-order valence-electron chi connectivity index (χ4n) is 1.22. The van der Waals surface area contributed by atoms with Crippen molar-refractivity contribution < 1.29 is 8.98 Å². The summed E-state index contributed by atoms with van der Waals surface area (Å²) in [5, 5.41) is 0. The van der Waals surface area contributed by atoms with Crippen LogP contribution >= 0.6 is 12.9 Å². The Morgan fingerprint density at radius 3 is 2.38 bits per heavy atom. The van der Waals surface area contributed by atoms with Gasteiger partial charge in [0.15, 0.2) is 0 Å². The Balaban J connectivity index is 3.04. The van der Waals surface area contributed by atoms with Crippen LogP contribution in [0.4, 0.5) is 0 Å². The summed E-state index contributed by atoms with van der Waals surface area (Å²) in [4.78, 5) is 10.7. The van der Waals surface area contributed by atoms with Crippen molar-refractivity contribution in [1.82, 2.24) is 0 Å². The van der Waals surface area contributed by atoms with Crippen molar-refractivity contribution in [2.24, 2.45) is 5.92 Å². The zero-order valence-electron chi connectivity index (χ0n) is 8.58. The molecular formula is C10H20O2S. The fraction of sp³-hybridized carbons (Fsp3) is 0.900. The maximum absolute atomic E-state index is 10.7. The highest BCUT2D eigenvalue weighted by Gasteiger charge is 2.00. The molecule has 0 fully saturated rings. The van der Waals surface area contributed by atoms with Gasteiger partial charge in [-0.25, -0.2) is 0 Å². The second kappa shape index (κ2) is 8.42. The Bertz CT molecular complexity index is 135. The molecule has 0 saturated heterocycles. The molecule has 0 aromatic rings. The predicted molar refractivity (Wildman–Crippen MR) is 57.6 cm³/mol. The van der Waals surface area contributed by atoms with E-state index in [2.05, 4.69) is 30.9 Å². The monoisotopic (exact) mass is 204 g/mol. The predicted octanol–water partition coefficient (Wildman–Crippen LogP) is 3.37. The molecule has 0 atom stereocenters. The number of hydrogen-bond donors (Lipinski definition) is 1. The summed E-state index contributed by atoms with van der Waals surface area (Å²) in [6.07, 6.45) is 6.33. The van der Waals surface area contributed by atoms with Crippen LogP contribution in [0, 0.1) is 5.92 Å². The van der Waals surface area contributed by atoms with Gasteiger partial charge in [0.1, 0.15) is 0 Å². The fourth-order valence-corrected chi connectivity index (χ4v) is 1.31. The van der Waals surface area contributed by atoms with Gasteiger partial charge < -0.3 is 4.18 Å². The maximum atomic E-state index is 10.7. The van der Waals surface area contributed by atoms with Gasteiger partial charge in [-0.05, 0) is 12.3 Å². The first-order chi connectivity index (χ1) is 6.16. The first-order valence-corrected chi connectivity index (χ1v) is 5.37. The minimum atomic E-state index is -0.216. The van der Waals surface area contributed by atoms with Crippen molar-refractivity contribution in [2.75, 3.05) is 0 Å². The van der Waals surface area contributed by atoms with Gasteiger partial charge in [-0.15, -0.1) is 0 Å². The first-order valence-electron chi connectivity index (χ1n) is 5.01. The first kappa shape index (κ1) is 12.8. The van der Waals surface area contributed by atoms with Crippen molar-refractivity contribution in [2.45, 2.75) is 52.4 Å². The highest BCUT2D eigenvalue weighted by atomic mass is 32.1. The molecular weight excluding hydrogens is 184 g/mol. The standard InChI is InChI=1S/C10H20O2S/c1-9(2)7-5-3-4-6-8-10(11)12-13/h9,13H,3-8H2,1-2H3. The number of rotatable bonds is 7. The molecule has 0 aliphatic heterocycles. The summed E-state index contributed by atoms with van der Waals surface area (Å²) in [5.41, 5.74) is 0. The van der Waals surface area contributed by atoms with Gasteiger partial charge in [-0.3, -0.25) is 4.79 Å². The summed E-state index contributed by atoms with van der Waals surface area (Å²) in [6.45, 7) is 4.47. The van der Waals surface area contributed by atoms with Crippen molar-refractivity contribution in [3.05, 3.63) is 0 Å². The number of carbonyl (C=O) groups excluding carboxylic acids is 1. The zero-order chi connectivity index (χ0) is 10.1. The molecule has 0 aromatic carbocycles. The Morgan fingerprint density at radius 2 is 1.85 bits per heavy atom. The Hall–Kier alpha value is -0.180. The van der Waals surface area contributed by atoms with Crippen LogP contribution in [0.15, 0.2) is 0 Å². The number of carbonyl (C=O) groups is 1. The van der Waals surface area contributed by atoms with E-state index in [-0.39, 0.29) is 5.97 Å². The van der Waals surface area contributed by atoms with Crippen LogP contribution in [-0.2, 0) is 8.98 Å². The highest BCUT2D eigenvalue weighted by Crippen LogP contribution is 2.10. The largest absolute Gasteiger partial charge is 0.395 e. The molecule has 0 rings (SSSR count). The van der Waals surface area contributed by atoms with Crippen LogP contribution in [0.3, 0.4) is 0 Å². The molecule has 0 aliphatic carbocycles. The topological polar surface area (TPSA) is 26.3 Å². The summed E-state index contributed by atoms with van der Waals surface area (Å²) in [7, 11) is 0. The van der Waals surface area contributed by atoms with Gasteiger partial charge in [0.2, 0.25) is 0 Å². The third-order valence-electron chi connectivity index (χ3n) is 2.01. The lowest BCUT2D eigenvalue weighted by Crippen LogP contribution is -1.96. The van der Waals surface area contributed by atoms with Crippen LogP contribution in [0.25, 0.3) is 0 Å². The van der Waals surface area contributed by atoms with Crippen LogP contribution in [-0.4, -0.2) is 5.97 Å². The summed E-state index contributed by atoms with van der Waals surface area (Å²) in [5.74, 6) is 0.578. The lowest BCUT2D eigenvalue weighted by molar-refractivity contribution is -0.132. The van der Waals surface area contributed by atoms with Crippen LogP contribution in [0.2, 0.25) is 0 Å². The smallest absolute Gasteiger partial charge is 0.317 e. The van der Waals surface area contributed by atoms with E-state index < -0.39 is 0 Å². The van der Waals surface area contributed by atoms with Crippen LogP contribution in [0.1, 0.15) is 52.4 Å². The number of thiol groups is 1. The molecule has 0 radical (unpaired) electrons. The molecule has 0 heterocycles. The third kappa shape index (κ3) is 9.74. The van der Waals surface area contributed by atoms with E-state index in [0.29, 0.717) is 6.42 Å². The average molecular weight is 204 g/mol. The van der Waals surface area contributed by atoms with E-state index in [1.54, 1.807) is 0 Å². The van der Waals surface area contributed by atoms with Crippen molar-refractivity contribution >= 4 is 18.9 Å². The van der Waals surface area contributed by atoms with E-state index in [9.17, 15) is 4.79 Å². The quantitative estimate of drug-likeness (QED) is 0.391. The van der Waals surface area contributed by atoms with Gasteiger partial charge in [0.05, 0.1) is 0 Å². The van der Waals surface area contributed by atoms with E-state index in [1.807, 2.05) is 0 Å². The second-order valence-electron chi connectivity index (χ2n) is 3.81. The SMILES string of the molecule is CC(C)CCCCCCC(=O)OS. The van der Waals surface area contributed by atoms with E-state index in [4.69, 9.17) is 0 Å². The maximum Gasteiger partial charge on any atom is 0.317 e. The zero-order valence-corrected chi connectivity index (χ0v) is 9.48. The Morgan fingerprint density at radius 1 is 1.23 bits per heavy atom. The van der Waals surface area contributed by atoms with Crippen molar-refractivity contribution in [3.8, 4) is 0 Å². The molecule has 0 aliphatic rings. The molecule has 0 unspecified atom stereocenters. The average Bonchev–Trinajstić information content (AvgIpc) is 2.10. The Labute approximate surface area is 86.7 Å². The minimum Gasteiger partial charge on any atom is -0.395 e. The lowest BCUT2D eigenvalue weighted by Gasteiger charge is -2.03. The van der Waals surface area contributed by atoms with Gasteiger partial charge in [-0.1, -0.05) is 39.5 Å². The normalized spacial score (nSPS) is 10.5. The molecule has 13 heavy (non-hydrogen) atoms. The Kier molecular flexibility index (Phi) is 8.30. The highest BCUT2D eigenvalue weighted by molar-refractivity contribution is 7.75. The summed E-state index contributed by atoms with van der Waals surface area (Å²) < 4.78 is 4.25. The van der Waals surface area contributed by atoms with Crippen LogP contribution in [0.5, 0.6) is 0 Å². The van der Waals surface area contributed by atoms with E-state index >= 15 is 0 Å². The van der Waals surface area contributed by atoms with Gasteiger partial charge in [0, 0.05) is 19.3 Å².